The van der Waals surface area contributed by atoms with E-state index >= 15 is 0 Å². The summed E-state index contributed by atoms with van der Waals surface area (Å²) in [7, 11) is 0. The van der Waals surface area contributed by atoms with Gasteiger partial charge >= 0.3 is 0 Å². The van der Waals surface area contributed by atoms with Crippen molar-refractivity contribution in [2.75, 3.05) is 13.1 Å². The number of aryl methyl sites for hydroxylation is 3. The first-order valence-corrected chi connectivity index (χ1v) is 15.0. The lowest BCUT2D eigenvalue weighted by Gasteiger charge is -2.32. The number of thiophene rings is 1. The van der Waals surface area contributed by atoms with Crippen molar-refractivity contribution < 1.29 is 14.4 Å². The SMILES string of the molecule is Cc1nc(C2CCN(Cc3ccc4c(c3)CN(C3CCC(=O)NC3=O)C4=O)CC2)c2c3c(sc2n1)CCCC3. The van der Waals surface area contributed by atoms with Gasteiger partial charge in [-0.15, -0.1) is 11.3 Å². The summed E-state index contributed by atoms with van der Waals surface area (Å²) in [4.78, 5) is 53.6. The van der Waals surface area contributed by atoms with Gasteiger partial charge in [-0.2, -0.15) is 0 Å². The fourth-order valence-electron chi connectivity index (χ4n) is 6.94. The molecule has 1 aliphatic carbocycles. The number of benzene rings is 1. The molecule has 4 aliphatic rings. The number of carbonyl (C=O) groups is 3. The third kappa shape index (κ3) is 4.45. The standard InChI is InChI=1S/C30H33N5O3S/c1-17-31-27(26-22-4-2-3-5-24(22)39-29(26)32-17)19-10-12-34(13-11-19)15-18-6-7-21-20(14-18)16-35(30(21)38)23-8-9-25(36)33-28(23)37/h6-7,14,19,23H,2-5,8-13,15-16H2,1H3,(H,33,36,37). The summed E-state index contributed by atoms with van der Waals surface area (Å²) in [5, 5.41) is 3.74. The van der Waals surface area contributed by atoms with Crippen LogP contribution >= 0.6 is 11.3 Å². The molecule has 2 fully saturated rings. The molecule has 1 atom stereocenters. The fourth-order valence-corrected chi connectivity index (χ4v) is 8.26. The summed E-state index contributed by atoms with van der Waals surface area (Å²) in [6, 6.07) is 5.51. The predicted octanol–water partition coefficient (Wildman–Crippen LogP) is 4.02. The van der Waals surface area contributed by atoms with E-state index in [0.717, 1.165) is 50.3 Å². The van der Waals surface area contributed by atoms with Crippen LogP contribution in [0.3, 0.4) is 0 Å². The van der Waals surface area contributed by atoms with Gasteiger partial charge in [0.1, 0.15) is 16.7 Å². The van der Waals surface area contributed by atoms with Gasteiger partial charge < -0.3 is 4.90 Å². The van der Waals surface area contributed by atoms with Crippen molar-refractivity contribution in [1.29, 1.82) is 0 Å². The smallest absolute Gasteiger partial charge is 0.255 e. The van der Waals surface area contributed by atoms with Crippen LogP contribution in [0.25, 0.3) is 10.2 Å². The zero-order chi connectivity index (χ0) is 26.7. The van der Waals surface area contributed by atoms with Crippen LogP contribution in [0.2, 0.25) is 0 Å². The van der Waals surface area contributed by atoms with E-state index in [0.29, 0.717) is 24.4 Å². The van der Waals surface area contributed by atoms with E-state index in [1.54, 1.807) is 4.90 Å². The van der Waals surface area contributed by atoms with E-state index in [4.69, 9.17) is 9.97 Å². The average Bonchev–Trinajstić information content (AvgIpc) is 3.45. The number of nitrogens with zero attached hydrogens (tertiary/aromatic N) is 4. The van der Waals surface area contributed by atoms with Crippen LogP contribution in [-0.2, 0) is 35.5 Å². The van der Waals surface area contributed by atoms with E-state index in [9.17, 15) is 14.4 Å². The number of carbonyl (C=O) groups excluding carboxylic acids is 3. The Morgan fingerprint density at radius 1 is 1.03 bits per heavy atom. The second-order valence-corrected chi connectivity index (χ2v) is 12.6. The molecule has 0 bridgehead atoms. The molecule has 1 N–H and O–H groups in total. The van der Waals surface area contributed by atoms with E-state index < -0.39 is 6.04 Å². The molecule has 5 heterocycles. The van der Waals surface area contributed by atoms with Crippen molar-refractivity contribution in [3.63, 3.8) is 0 Å². The molecule has 202 valence electrons. The lowest BCUT2D eigenvalue weighted by atomic mass is 9.88. The van der Waals surface area contributed by atoms with E-state index in [1.807, 2.05) is 30.4 Å². The molecule has 2 saturated heterocycles. The van der Waals surface area contributed by atoms with Crippen molar-refractivity contribution in [3.8, 4) is 0 Å². The van der Waals surface area contributed by atoms with Gasteiger partial charge in [0.15, 0.2) is 0 Å². The van der Waals surface area contributed by atoms with Gasteiger partial charge in [-0.3, -0.25) is 24.6 Å². The Bertz CT molecular complexity index is 1510. The second kappa shape index (κ2) is 9.78. The lowest BCUT2D eigenvalue weighted by molar-refractivity contribution is -0.136. The van der Waals surface area contributed by atoms with Crippen LogP contribution in [0.1, 0.15) is 87.9 Å². The maximum atomic E-state index is 13.0. The molecular weight excluding hydrogens is 510 g/mol. The number of hydrogen-bond donors (Lipinski definition) is 1. The van der Waals surface area contributed by atoms with Gasteiger partial charge in [0, 0.05) is 41.3 Å². The molecule has 0 saturated carbocycles. The van der Waals surface area contributed by atoms with Gasteiger partial charge in [0.2, 0.25) is 11.8 Å². The number of fused-ring (bicyclic) bond motifs is 4. The highest BCUT2D eigenvalue weighted by atomic mass is 32.1. The summed E-state index contributed by atoms with van der Waals surface area (Å²) >= 11 is 1.89. The monoisotopic (exact) mass is 543 g/mol. The number of likely N-dealkylation sites (tertiary alicyclic amines) is 1. The van der Waals surface area contributed by atoms with Gasteiger partial charge in [0.25, 0.3) is 5.91 Å². The fraction of sp³-hybridized carbons (Fsp3) is 0.500. The van der Waals surface area contributed by atoms with Crippen molar-refractivity contribution >= 4 is 39.3 Å². The summed E-state index contributed by atoms with van der Waals surface area (Å²) < 4.78 is 0. The predicted molar refractivity (Wildman–Crippen MR) is 149 cm³/mol. The highest BCUT2D eigenvalue weighted by Gasteiger charge is 2.39. The maximum Gasteiger partial charge on any atom is 0.255 e. The Labute approximate surface area is 231 Å². The zero-order valence-corrected chi connectivity index (χ0v) is 23.1. The van der Waals surface area contributed by atoms with Crippen LogP contribution in [0, 0.1) is 6.92 Å². The van der Waals surface area contributed by atoms with E-state index in [2.05, 4.69) is 16.3 Å². The normalized spacial score (nSPS) is 22.3. The van der Waals surface area contributed by atoms with E-state index in [-0.39, 0.29) is 24.1 Å². The minimum atomic E-state index is -0.573. The molecule has 9 heteroatoms. The number of rotatable bonds is 4. The summed E-state index contributed by atoms with van der Waals surface area (Å²) in [6.45, 7) is 5.32. The Morgan fingerprint density at radius 2 is 1.85 bits per heavy atom. The molecule has 2 aromatic heterocycles. The second-order valence-electron chi connectivity index (χ2n) is 11.5. The Morgan fingerprint density at radius 3 is 2.67 bits per heavy atom. The number of amides is 3. The molecule has 3 amide bonds. The lowest BCUT2D eigenvalue weighted by Crippen LogP contribution is -2.52. The quantitative estimate of drug-likeness (QED) is 0.500. The minimum absolute atomic E-state index is 0.117. The molecule has 8 nitrogen and oxygen atoms in total. The Balaban J connectivity index is 1.03. The van der Waals surface area contributed by atoms with Crippen LogP contribution in [0.15, 0.2) is 18.2 Å². The molecule has 3 aromatic rings. The summed E-state index contributed by atoms with van der Waals surface area (Å²) in [6.07, 6.45) is 7.73. The number of aromatic nitrogens is 2. The summed E-state index contributed by atoms with van der Waals surface area (Å²) in [5.74, 6) is 0.604. The van der Waals surface area contributed by atoms with Gasteiger partial charge in [-0.25, -0.2) is 9.97 Å². The molecule has 0 radical (unpaired) electrons. The van der Waals surface area contributed by atoms with Crippen LogP contribution in [0.4, 0.5) is 0 Å². The Hall–Kier alpha value is -3.17. The first kappa shape index (κ1) is 24.8. The number of imide groups is 1. The van der Waals surface area contributed by atoms with Gasteiger partial charge in [0.05, 0.1) is 5.69 Å². The molecular formula is C30H33N5O3S. The van der Waals surface area contributed by atoms with Crippen molar-refractivity contribution in [2.24, 2.45) is 0 Å². The third-order valence-electron chi connectivity index (χ3n) is 8.92. The Kier molecular flexibility index (Phi) is 6.23. The number of hydrogen-bond acceptors (Lipinski definition) is 7. The maximum absolute atomic E-state index is 13.0. The molecule has 7 rings (SSSR count). The van der Waals surface area contributed by atoms with Crippen molar-refractivity contribution in [3.05, 3.63) is 56.8 Å². The third-order valence-corrected chi connectivity index (χ3v) is 10.1. The highest BCUT2D eigenvalue weighted by Crippen LogP contribution is 2.41. The van der Waals surface area contributed by atoms with Crippen LogP contribution in [0.5, 0.6) is 0 Å². The number of nitrogens with one attached hydrogen (secondary N) is 1. The van der Waals surface area contributed by atoms with Gasteiger partial charge in [-0.1, -0.05) is 12.1 Å². The van der Waals surface area contributed by atoms with Gasteiger partial charge in [-0.05, 0) is 87.7 Å². The zero-order valence-electron chi connectivity index (χ0n) is 22.3. The molecule has 39 heavy (non-hydrogen) atoms. The first-order chi connectivity index (χ1) is 18.9. The number of piperidine rings is 2. The minimum Gasteiger partial charge on any atom is -0.322 e. The van der Waals surface area contributed by atoms with Crippen molar-refractivity contribution in [2.45, 2.75) is 83.3 Å². The van der Waals surface area contributed by atoms with Crippen molar-refractivity contribution in [1.82, 2.24) is 25.1 Å². The van der Waals surface area contributed by atoms with Crippen LogP contribution in [-0.4, -0.2) is 56.6 Å². The first-order valence-electron chi connectivity index (χ1n) is 14.2. The molecule has 1 unspecified atom stereocenters. The highest BCUT2D eigenvalue weighted by molar-refractivity contribution is 7.18. The summed E-state index contributed by atoms with van der Waals surface area (Å²) in [5.41, 5.74) is 5.64. The average molecular weight is 544 g/mol. The molecule has 3 aliphatic heterocycles. The largest absolute Gasteiger partial charge is 0.322 e. The van der Waals surface area contributed by atoms with E-state index in [1.165, 1.54) is 51.2 Å². The molecule has 1 aromatic carbocycles. The topological polar surface area (TPSA) is 95.5 Å². The van der Waals surface area contributed by atoms with Crippen LogP contribution < -0.4 is 5.32 Å². The molecule has 0 spiro atoms.